The molecule has 1 fully saturated rings. The van der Waals surface area contributed by atoms with E-state index in [9.17, 15) is 0 Å². The summed E-state index contributed by atoms with van der Waals surface area (Å²) >= 11 is 0. The summed E-state index contributed by atoms with van der Waals surface area (Å²) in [6.45, 7) is 3.02. The molecule has 2 heteroatoms. The van der Waals surface area contributed by atoms with E-state index in [0.29, 0.717) is 6.73 Å². The van der Waals surface area contributed by atoms with E-state index in [1.807, 2.05) is 12.1 Å². The normalized spacial score (nSPS) is 15.6. The average molecular weight is 253 g/mol. The summed E-state index contributed by atoms with van der Waals surface area (Å²) in [5.41, 5.74) is 2.38. The van der Waals surface area contributed by atoms with Crippen molar-refractivity contribution in [1.82, 2.24) is 4.90 Å². The molecule has 19 heavy (non-hydrogen) atoms. The third-order valence-electron chi connectivity index (χ3n) is 3.57. The summed E-state index contributed by atoms with van der Waals surface area (Å²) in [6.07, 6.45) is 2.59. The van der Waals surface area contributed by atoms with Gasteiger partial charge in [0.15, 0.2) is 0 Å². The Bertz CT molecular complexity index is 518. The maximum absolute atomic E-state index is 6.00. The van der Waals surface area contributed by atoms with Crippen LogP contribution in [0, 0.1) is 0 Å². The first-order valence-corrected chi connectivity index (χ1v) is 6.93. The molecule has 1 aliphatic heterocycles. The first-order valence-electron chi connectivity index (χ1n) is 6.93. The van der Waals surface area contributed by atoms with Crippen molar-refractivity contribution in [2.75, 3.05) is 19.8 Å². The summed E-state index contributed by atoms with van der Waals surface area (Å²) in [5, 5.41) is 0. The third kappa shape index (κ3) is 2.96. The molecule has 0 amide bonds. The van der Waals surface area contributed by atoms with E-state index in [2.05, 4.69) is 47.4 Å². The quantitative estimate of drug-likeness (QED) is 0.822. The highest BCUT2D eigenvalue weighted by Gasteiger charge is 2.12. The molecule has 0 N–H and O–H groups in total. The van der Waals surface area contributed by atoms with Gasteiger partial charge in [0.05, 0.1) is 0 Å². The van der Waals surface area contributed by atoms with E-state index in [-0.39, 0.29) is 0 Å². The molecule has 0 bridgehead atoms. The zero-order valence-electron chi connectivity index (χ0n) is 11.1. The fourth-order valence-corrected chi connectivity index (χ4v) is 2.52. The predicted molar refractivity (Wildman–Crippen MR) is 78.2 cm³/mol. The number of para-hydroxylation sites is 1. The summed E-state index contributed by atoms with van der Waals surface area (Å²) in [6, 6.07) is 18.7. The number of rotatable bonds is 4. The van der Waals surface area contributed by atoms with Crippen LogP contribution in [0.25, 0.3) is 11.1 Å². The molecule has 98 valence electrons. The molecule has 2 aromatic rings. The SMILES string of the molecule is c1ccc(-c2ccccc2OCN2CCCC2)cc1. The number of ether oxygens (including phenoxy) is 1. The molecule has 0 radical (unpaired) electrons. The van der Waals surface area contributed by atoms with E-state index in [4.69, 9.17) is 4.74 Å². The Labute approximate surface area is 114 Å². The lowest BCUT2D eigenvalue weighted by Gasteiger charge is -2.17. The highest BCUT2D eigenvalue weighted by Crippen LogP contribution is 2.29. The lowest BCUT2D eigenvalue weighted by Crippen LogP contribution is -2.24. The van der Waals surface area contributed by atoms with Crippen LogP contribution in [0.3, 0.4) is 0 Å². The number of hydrogen-bond donors (Lipinski definition) is 0. The Morgan fingerprint density at radius 2 is 1.53 bits per heavy atom. The van der Waals surface area contributed by atoms with Gasteiger partial charge in [0.25, 0.3) is 0 Å². The fourth-order valence-electron chi connectivity index (χ4n) is 2.52. The van der Waals surface area contributed by atoms with Gasteiger partial charge in [-0.25, -0.2) is 0 Å². The maximum atomic E-state index is 6.00. The lowest BCUT2D eigenvalue weighted by atomic mass is 10.1. The molecule has 0 saturated carbocycles. The Morgan fingerprint density at radius 1 is 0.842 bits per heavy atom. The summed E-state index contributed by atoms with van der Waals surface area (Å²) in [5.74, 6) is 0.973. The van der Waals surface area contributed by atoms with Gasteiger partial charge in [-0.15, -0.1) is 0 Å². The van der Waals surface area contributed by atoms with Crippen molar-refractivity contribution < 1.29 is 4.74 Å². The van der Waals surface area contributed by atoms with E-state index in [1.165, 1.54) is 24.0 Å². The van der Waals surface area contributed by atoms with Crippen LogP contribution in [-0.4, -0.2) is 24.7 Å². The molecule has 1 saturated heterocycles. The lowest BCUT2D eigenvalue weighted by molar-refractivity contribution is 0.152. The topological polar surface area (TPSA) is 12.5 Å². The van der Waals surface area contributed by atoms with Gasteiger partial charge in [0, 0.05) is 18.7 Å². The maximum Gasteiger partial charge on any atom is 0.142 e. The van der Waals surface area contributed by atoms with E-state index in [1.54, 1.807) is 0 Å². The van der Waals surface area contributed by atoms with Crippen molar-refractivity contribution in [3.63, 3.8) is 0 Å². The number of nitrogens with zero attached hydrogens (tertiary/aromatic N) is 1. The second-order valence-corrected chi connectivity index (χ2v) is 4.96. The number of likely N-dealkylation sites (tertiary alicyclic amines) is 1. The first-order chi connectivity index (χ1) is 9.43. The Kier molecular flexibility index (Phi) is 3.80. The Hall–Kier alpha value is -1.80. The molecule has 0 atom stereocenters. The number of hydrogen-bond acceptors (Lipinski definition) is 2. The second-order valence-electron chi connectivity index (χ2n) is 4.96. The van der Waals surface area contributed by atoms with E-state index in [0.717, 1.165) is 18.8 Å². The van der Waals surface area contributed by atoms with Crippen molar-refractivity contribution in [3.8, 4) is 16.9 Å². The van der Waals surface area contributed by atoms with Crippen LogP contribution >= 0.6 is 0 Å². The molecule has 0 aromatic heterocycles. The second kappa shape index (κ2) is 5.89. The number of benzene rings is 2. The molecule has 0 spiro atoms. The predicted octanol–water partition coefficient (Wildman–Crippen LogP) is 3.79. The smallest absolute Gasteiger partial charge is 0.142 e. The molecular weight excluding hydrogens is 234 g/mol. The van der Waals surface area contributed by atoms with Crippen molar-refractivity contribution in [2.45, 2.75) is 12.8 Å². The fraction of sp³-hybridized carbons (Fsp3) is 0.294. The van der Waals surface area contributed by atoms with Crippen LogP contribution in [0.1, 0.15) is 12.8 Å². The zero-order chi connectivity index (χ0) is 12.9. The molecular formula is C17H19NO. The highest BCUT2D eigenvalue weighted by molar-refractivity contribution is 5.70. The minimum atomic E-state index is 0.698. The minimum Gasteiger partial charge on any atom is -0.477 e. The van der Waals surface area contributed by atoms with Crippen LogP contribution in [0.2, 0.25) is 0 Å². The monoisotopic (exact) mass is 253 g/mol. The molecule has 0 unspecified atom stereocenters. The first kappa shape index (κ1) is 12.2. The van der Waals surface area contributed by atoms with Crippen LogP contribution in [-0.2, 0) is 0 Å². The van der Waals surface area contributed by atoms with Crippen LogP contribution in [0.15, 0.2) is 54.6 Å². The van der Waals surface area contributed by atoms with Gasteiger partial charge in [-0.05, 0) is 24.5 Å². The van der Waals surface area contributed by atoms with Crippen molar-refractivity contribution in [1.29, 1.82) is 0 Å². The van der Waals surface area contributed by atoms with Gasteiger partial charge in [-0.2, -0.15) is 0 Å². The van der Waals surface area contributed by atoms with Gasteiger partial charge in [-0.1, -0.05) is 48.5 Å². The van der Waals surface area contributed by atoms with Gasteiger partial charge < -0.3 is 4.74 Å². The molecule has 1 aliphatic rings. The van der Waals surface area contributed by atoms with Crippen molar-refractivity contribution in [3.05, 3.63) is 54.6 Å². The van der Waals surface area contributed by atoms with Gasteiger partial charge in [-0.3, -0.25) is 4.90 Å². The molecule has 0 aliphatic carbocycles. The Balaban J connectivity index is 1.77. The molecule has 2 nitrogen and oxygen atoms in total. The molecule has 3 rings (SSSR count). The summed E-state index contributed by atoms with van der Waals surface area (Å²) in [4.78, 5) is 2.36. The van der Waals surface area contributed by atoms with Crippen LogP contribution in [0.4, 0.5) is 0 Å². The van der Waals surface area contributed by atoms with Crippen LogP contribution < -0.4 is 4.74 Å². The highest BCUT2D eigenvalue weighted by atomic mass is 16.5. The van der Waals surface area contributed by atoms with Crippen molar-refractivity contribution in [2.24, 2.45) is 0 Å². The standard InChI is InChI=1S/C17H19NO/c1-2-8-15(9-3-1)16-10-4-5-11-17(16)19-14-18-12-6-7-13-18/h1-5,8-11H,6-7,12-14H2. The van der Waals surface area contributed by atoms with E-state index >= 15 is 0 Å². The molecule has 2 aromatic carbocycles. The third-order valence-corrected chi connectivity index (χ3v) is 3.57. The summed E-state index contributed by atoms with van der Waals surface area (Å²) in [7, 11) is 0. The zero-order valence-corrected chi connectivity index (χ0v) is 11.1. The van der Waals surface area contributed by atoms with Crippen molar-refractivity contribution >= 4 is 0 Å². The largest absolute Gasteiger partial charge is 0.477 e. The summed E-state index contributed by atoms with van der Waals surface area (Å²) < 4.78 is 6.00. The minimum absolute atomic E-state index is 0.698. The van der Waals surface area contributed by atoms with E-state index < -0.39 is 0 Å². The van der Waals surface area contributed by atoms with Gasteiger partial charge in [0.2, 0.25) is 0 Å². The Morgan fingerprint density at radius 3 is 2.32 bits per heavy atom. The van der Waals surface area contributed by atoms with Gasteiger partial charge >= 0.3 is 0 Å². The van der Waals surface area contributed by atoms with Crippen LogP contribution in [0.5, 0.6) is 5.75 Å². The average Bonchev–Trinajstić information content (AvgIpc) is 3.00. The molecule has 1 heterocycles. The van der Waals surface area contributed by atoms with Gasteiger partial charge in [0.1, 0.15) is 12.5 Å².